The smallest absolute Gasteiger partial charge is 0.419 e. The van der Waals surface area contributed by atoms with E-state index in [2.05, 4.69) is 10.6 Å². The molecule has 1 aliphatic rings. The minimum Gasteiger partial charge on any atom is -0.488 e. The topological polar surface area (TPSA) is 50.4 Å². The molecule has 146 valence electrons. The van der Waals surface area contributed by atoms with Crippen LogP contribution in [0.5, 0.6) is 5.75 Å². The van der Waals surface area contributed by atoms with Crippen LogP contribution in [0.15, 0.2) is 24.3 Å². The predicted octanol–water partition coefficient (Wildman–Crippen LogP) is 3.76. The number of benzene rings is 1. The number of halogens is 3. The number of carbonyl (C=O) groups excluding carboxylic acids is 1. The molecule has 4 nitrogen and oxygen atoms in total. The minimum atomic E-state index is -4.47. The van der Waals surface area contributed by atoms with Crippen LogP contribution in [0.3, 0.4) is 0 Å². The van der Waals surface area contributed by atoms with Crippen LogP contribution in [-0.2, 0) is 11.0 Å². The zero-order chi connectivity index (χ0) is 19.0. The lowest BCUT2D eigenvalue weighted by atomic mass is 9.93. The average molecular weight is 372 g/mol. The zero-order valence-corrected chi connectivity index (χ0v) is 15.1. The number of hydrogen-bond donors (Lipinski definition) is 2. The molecule has 1 fully saturated rings. The van der Waals surface area contributed by atoms with Crippen molar-refractivity contribution in [2.24, 2.45) is 5.92 Å². The fourth-order valence-corrected chi connectivity index (χ4v) is 3.07. The molecule has 2 rings (SSSR count). The molecule has 1 atom stereocenters. The molecule has 0 saturated carbocycles. The van der Waals surface area contributed by atoms with Crippen LogP contribution in [0, 0.1) is 5.92 Å². The van der Waals surface area contributed by atoms with Gasteiger partial charge in [-0.2, -0.15) is 13.2 Å². The summed E-state index contributed by atoms with van der Waals surface area (Å²) in [5.41, 5.74) is -0.796. The van der Waals surface area contributed by atoms with E-state index in [1.807, 2.05) is 6.92 Å². The average Bonchev–Trinajstić information content (AvgIpc) is 2.63. The Bertz CT molecular complexity index is 572. The van der Waals surface area contributed by atoms with E-state index < -0.39 is 17.8 Å². The third-order valence-corrected chi connectivity index (χ3v) is 4.71. The first-order chi connectivity index (χ1) is 12.4. The summed E-state index contributed by atoms with van der Waals surface area (Å²) in [4.78, 5) is 12.0. The molecule has 1 aromatic carbocycles. The molecule has 2 N–H and O–H groups in total. The third-order valence-electron chi connectivity index (χ3n) is 4.71. The Morgan fingerprint density at radius 2 is 2.00 bits per heavy atom. The number of amides is 1. The highest BCUT2D eigenvalue weighted by molar-refractivity contribution is 5.75. The summed E-state index contributed by atoms with van der Waals surface area (Å²) in [7, 11) is 0. The zero-order valence-electron chi connectivity index (χ0n) is 15.1. The van der Waals surface area contributed by atoms with Crippen LogP contribution in [0.25, 0.3) is 0 Å². The van der Waals surface area contributed by atoms with E-state index >= 15 is 0 Å². The Kier molecular flexibility index (Phi) is 7.75. The molecule has 7 heteroatoms. The predicted molar refractivity (Wildman–Crippen MR) is 94.0 cm³/mol. The lowest BCUT2D eigenvalue weighted by molar-refractivity contribution is -0.139. The van der Waals surface area contributed by atoms with Crippen molar-refractivity contribution in [1.82, 2.24) is 10.6 Å². The monoisotopic (exact) mass is 372 g/mol. The number of ether oxygens (including phenoxy) is 1. The summed E-state index contributed by atoms with van der Waals surface area (Å²) in [6.45, 7) is 4.02. The van der Waals surface area contributed by atoms with E-state index in [4.69, 9.17) is 4.74 Å². The molecular formula is C19H27F3N2O2. The summed E-state index contributed by atoms with van der Waals surface area (Å²) in [6, 6.07) is 5.15. The standard InChI is InChI=1S/C19H27F3N2O2/c1-2-15(26-17-6-4-3-5-16(17)19(20,21)22)13-24-18(25)8-7-14-9-11-23-12-10-14/h3-6,14-15,23H,2,7-13H2,1H3,(H,24,25). The van der Waals surface area contributed by atoms with Crippen molar-refractivity contribution in [2.75, 3.05) is 19.6 Å². The van der Waals surface area contributed by atoms with Gasteiger partial charge in [-0.3, -0.25) is 4.79 Å². The molecule has 1 unspecified atom stereocenters. The summed E-state index contributed by atoms with van der Waals surface area (Å²) in [5.74, 6) is 0.296. The van der Waals surface area contributed by atoms with Crippen molar-refractivity contribution in [3.8, 4) is 5.75 Å². The van der Waals surface area contributed by atoms with Gasteiger partial charge < -0.3 is 15.4 Å². The first kappa shape index (κ1) is 20.6. The van der Waals surface area contributed by atoms with Crippen molar-refractivity contribution >= 4 is 5.91 Å². The molecule has 1 aromatic rings. The molecule has 1 amide bonds. The van der Waals surface area contributed by atoms with Gasteiger partial charge in [0.15, 0.2) is 0 Å². The normalized spacial score (nSPS) is 16.9. The van der Waals surface area contributed by atoms with Crippen LogP contribution in [-0.4, -0.2) is 31.6 Å². The second kappa shape index (κ2) is 9.80. The Labute approximate surface area is 152 Å². The van der Waals surface area contributed by atoms with Gasteiger partial charge in [0.1, 0.15) is 11.9 Å². The number of para-hydroxylation sites is 1. The Morgan fingerprint density at radius 3 is 2.65 bits per heavy atom. The quantitative estimate of drug-likeness (QED) is 0.731. The molecule has 1 saturated heterocycles. The lowest BCUT2D eigenvalue weighted by Gasteiger charge is -2.23. The Balaban J connectivity index is 1.81. The van der Waals surface area contributed by atoms with E-state index in [9.17, 15) is 18.0 Å². The number of rotatable bonds is 8. The fraction of sp³-hybridized carbons (Fsp3) is 0.632. The maximum Gasteiger partial charge on any atom is 0.419 e. The number of nitrogens with one attached hydrogen (secondary N) is 2. The number of alkyl halides is 3. The van der Waals surface area contributed by atoms with Gasteiger partial charge >= 0.3 is 6.18 Å². The molecular weight excluding hydrogens is 345 g/mol. The summed E-state index contributed by atoms with van der Waals surface area (Å²) < 4.78 is 44.6. The Hall–Kier alpha value is -1.76. The molecule has 0 aromatic heterocycles. The largest absolute Gasteiger partial charge is 0.488 e. The highest BCUT2D eigenvalue weighted by Crippen LogP contribution is 2.36. The van der Waals surface area contributed by atoms with Gasteiger partial charge in [-0.25, -0.2) is 0 Å². The highest BCUT2D eigenvalue weighted by atomic mass is 19.4. The number of piperidine rings is 1. The van der Waals surface area contributed by atoms with E-state index in [0.29, 0.717) is 18.8 Å². The maximum atomic E-state index is 13.0. The first-order valence-electron chi connectivity index (χ1n) is 9.20. The van der Waals surface area contributed by atoms with Crippen molar-refractivity contribution in [3.05, 3.63) is 29.8 Å². The van der Waals surface area contributed by atoms with Gasteiger partial charge in [-0.1, -0.05) is 19.1 Å². The van der Waals surface area contributed by atoms with E-state index in [1.54, 1.807) is 0 Å². The second-order valence-corrected chi connectivity index (χ2v) is 6.68. The SMILES string of the molecule is CCC(CNC(=O)CCC1CCNCC1)Oc1ccccc1C(F)(F)F. The molecule has 0 aliphatic carbocycles. The van der Waals surface area contributed by atoms with E-state index in [-0.39, 0.29) is 18.2 Å². The van der Waals surface area contributed by atoms with Crippen LogP contribution in [0.1, 0.15) is 44.6 Å². The van der Waals surface area contributed by atoms with Crippen molar-refractivity contribution < 1.29 is 22.7 Å². The number of carbonyl (C=O) groups is 1. The number of hydrogen-bond acceptors (Lipinski definition) is 3. The van der Waals surface area contributed by atoms with Gasteiger partial charge in [0.25, 0.3) is 0 Å². The van der Waals surface area contributed by atoms with Crippen molar-refractivity contribution in [3.63, 3.8) is 0 Å². The molecule has 1 heterocycles. The minimum absolute atomic E-state index is 0.0744. The summed E-state index contributed by atoms with van der Waals surface area (Å²) >= 11 is 0. The third kappa shape index (κ3) is 6.52. The molecule has 0 spiro atoms. The van der Waals surface area contributed by atoms with Crippen molar-refractivity contribution in [1.29, 1.82) is 0 Å². The highest BCUT2D eigenvalue weighted by Gasteiger charge is 2.34. The van der Waals surface area contributed by atoms with Gasteiger partial charge in [0, 0.05) is 6.42 Å². The van der Waals surface area contributed by atoms with Crippen LogP contribution in [0.2, 0.25) is 0 Å². The van der Waals surface area contributed by atoms with Crippen molar-refractivity contribution in [2.45, 2.75) is 51.3 Å². The van der Waals surface area contributed by atoms with Gasteiger partial charge in [0.2, 0.25) is 5.91 Å². The van der Waals surface area contributed by atoms with E-state index in [0.717, 1.165) is 38.4 Å². The summed E-state index contributed by atoms with van der Waals surface area (Å²) in [5, 5.41) is 6.08. The van der Waals surface area contributed by atoms with Crippen LogP contribution < -0.4 is 15.4 Å². The van der Waals surface area contributed by atoms with Crippen LogP contribution in [0.4, 0.5) is 13.2 Å². The Morgan fingerprint density at radius 1 is 1.31 bits per heavy atom. The van der Waals surface area contributed by atoms with E-state index in [1.165, 1.54) is 18.2 Å². The molecule has 26 heavy (non-hydrogen) atoms. The van der Waals surface area contributed by atoms with Gasteiger partial charge in [-0.15, -0.1) is 0 Å². The summed E-state index contributed by atoms with van der Waals surface area (Å²) in [6.07, 6.45) is -0.998. The van der Waals surface area contributed by atoms with Gasteiger partial charge in [0.05, 0.1) is 12.1 Å². The molecule has 0 radical (unpaired) electrons. The van der Waals surface area contributed by atoms with Crippen LogP contribution >= 0.6 is 0 Å². The molecule has 1 aliphatic heterocycles. The molecule has 0 bridgehead atoms. The maximum absolute atomic E-state index is 13.0. The van der Waals surface area contributed by atoms with Gasteiger partial charge in [-0.05, 0) is 56.8 Å². The second-order valence-electron chi connectivity index (χ2n) is 6.68. The fourth-order valence-electron chi connectivity index (χ4n) is 3.07. The first-order valence-corrected chi connectivity index (χ1v) is 9.20. The lowest BCUT2D eigenvalue weighted by Crippen LogP contribution is -2.35.